The summed E-state index contributed by atoms with van der Waals surface area (Å²) in [5.41, 5.74) is 1.57. The molecule has 0 unspecified atom stereocenters. The molecule has 0 aliphatic heterocycles. The summed E-state index contributed by atoms with van der Waals surface area (Å²) in [4.78, 5) is 28.4. The third-order valence-corrected chi connectivity index (χ3v) is 6.65. The zero-order valence-electron chi connectivity index (χ0n) is 21.1. The molecule has 35 heavy (non-hydrogen) atoms. The van der Waals surface area contributed by atoms with Crippen molar-refractivity contribution in [1.29, 1.82) is 0 Å². The minimum atomic E-state index is -0.859. The average Bonchev–Trinajstić information content (AvgIpc) is 2.85. The number of benzene rings is 2. The molecule has 7 heteroatoms. The summed E-state index contributed by atoms with van der Waals surface area (Å²) in [6.45, 7) is 6.39. The van der Waals surface area contributed by atoms with Crippen LogP contribution < -0.4 is 14.8 Å². The molecule has 1 aliphatic rings. The lowest BCUT2D eigenvalue weighted by molar-refractivity contribution is -0.140. The molecule has 0 spiro atoms. The van der Waals surface area contributed by atoms with Gasteiger partial charge in [0.1, 0.15) is 11.9 Å². The van der Waals surface area contributed by atoms with Gasteiger partial charge in [0.2, 0.25) is 11.8 Å². The highest BCUT2D eigenvalue weighted by atomic mass is 35.5. The van der Waals surface area contributed by atoms with Crippen LogP contribution in [0.2, 0.25) is 0 Å². The van der Waals surface area contributed by atoms with E-state index in [4.69, 9.17) is 21.1 Å². The third kappa shape index (κ3) is 7.38. The summed E-state index contributed by atoms with van der Waals surface area (Å²) >= 11 is 6.03. The Labute approximate surface area is 213 Å². The fourth-order valence-electron chi connectivity index (χ4n) is 4.54. The van der Waals surface area contributed by atoms with Gasteiger partial charge in [0.25, 0.3) is 0 Å². The molecule has 2 aromatic rings. The van der Waals surface area contributed by atoms with Crippen LogP contribution in [0.15, 0.2) is 48.5 Å². The second-order valence-corrected chi connectivity index (χ2v) is 9.85. The lowest BCUT2D eigenvalue weighted by Crippen LogP contribution is -2.47. The highest BCUT2D eigenvalue weighted by Gasteiger charge is 2.33. The van der Waals surface area contributed by atoms with Crippen molar-refractivity contribution in [2.45, 2.75) is 71.2 Å². The molecule has 0 radical (unpaired) electrons. The fraction of sp³-hybridized carbons (Fsp3) is 0.500. The standard InChI is InChI=1S/C28H37ClN2O4/c1-19(2)35-24-15-12-22(16-25(24)34-4)27(28(33)30-23-13-10-20(3)11-14-23)31(26(32)17-29)18-21-8-6-5-7-9-21/h5-9,12,15-16,19-20,23,27H,10-11,13-14,17-18H2,1-4H3,(H,30,33)/t20?,23?,27-/m0/s1. The number of alkyl halides is 1. The Morgan fingerprint density at radius 2 is 1.74 bits per heavy atom. The Morgan fingerprint density at radius 3 is 2.34 bits per heavy atom. The SMILES string of the molecule is COc1cc([C@@H](C(=O)NC2CCC(C)CC2)N(Cc2ccccc2)C(=O)CCl)ccc1OC(C)C. The highest BCUT2D eigenvalue weighted by Crippen LogP contribution is 2.34. The summed E-state index contributed by atoms with van der Waals surface area (Å²) < 4.78 is 11.4. The molecule has 6 nitrogen and oxygen atoms in total. The Bertz CT molecular complexity index is 974. The van der Waals surface area contributed by atoms with Crippen LogP contribution in [-0.2, 0) is 16.1 Å². The Morgan fingerprint density at radius 1 is 1.06 bits per heavy atom. The van der Waals surface area contributed by atoms with E-state index in [1.54, 1.807) is 24.1 Å². The summed E-state index contributed by atoms with van der Waals surface area (Å²) in [7, 11) is 1.57. The van der Waals surface area contributed by atoms with Crippen LogP contribution in [0.25, 0.3) is 0 Å². The summed E-state index contributed by atoms with van der Waals surface area (Å²) in [6.07, 6.45) is 4.01. The number of amides is 2. The van der Waals surface area contributed by atoms with Crippen molar-refractivity contribution < 1.29 is 19.1 Å². The second kappa shape index (κ2) is 12.8. The third-order valence-electron chi connectivity index (χ3n) is 6.42. The van der Waals surface area contributed by atoms with Crippen molar-refractivity contribution in [2.24, 2.45) is 5.92 Å². The number of methoxy groups -OCH3 is 1. The lowest BCUT2D eigenvalue weighted by atomic mass is 9.87. The minimum Gasteiger partial charge on any atom is -0.493 e. The van der Waals surface area contributed by atoms with Crippen LogP contribution in [0.5, 0.6) is 11.5 Å². The maximum atomic E-state index is 13.8. The van der Waals surface area contributed by atoms with Crippen molar-refractivity contribution in [1.82, 2.24) is 10.2 Å². The van der Waals surface area contributed by atoms with Crippen molar-refractivity contribution in [3.8, 4) is 11.5 Å². The Kier molecular flexibility index (Phi) is 9.84. The van der Waals surface area contributed by atoms with Crippen LogP contribution in [0, 0.1) is 5.92 Å². The number of nitrogens with one attached hydrogen (secondary N) is 1. The number of halogens is 1. The number of carbonyl (C=O) groups excluding carboxylic acids is 2. The first-order chi connectivity index (χ1) is 16.8. The van der Waals surface area contributed by atoms with E-state index in [-0.39, 0.29) is 36.4 Å². The molecule has 2 aromatic carbocycles. The van der Waals surface area contributed by atoms with E-state index in [9.17, 15) is 9.59 Å². The molecule has 0 saturated heterocycles. The fourth-order valence-corrected chi connectivity index (χ4v) is 4.70. The van der Waals surface area contributed by atoms with E-state index in [0.29, 0.717) is 23.0 Å². The molecule has 2 amide bonds. The van der Waals surface area contributed by atoms with Gasteiger partial charge in [-0.2, -0.15) is 0 Å². The van der Waals surface area contributed by atoms with Crippen LogP contribution in [0.3, 0.4) is 0 Å². The number of rotatable bonds is 10. The smallest absolute Gasteiger partial charge is 0.247 e. The van der Waals surface area contributed by atoms with E-state index < -0.39 is 6.04 Å². The maximum Gasteiger partial charge on any atom is 0.247 e. The largest absolute Gasteiger partial charge is 0.493 e. The number of nitrogens with zero attached hydrogens (tertiary/aromatic N) is 1. The molecule has 1 aliphatic carbocycles. The maximum absolute atomic E-state index is 13.8. The van der Waals surface area contributed by atoms with Gasteiger partial charge in [0.15, 0.2) is 11.5 Å². The first-order valence-electron chi connectivity index (χ1n) is 12.4. The second-order valence-electron chi connectivity index (χ2n) is 9.59. The summed E-state index contributed by atoms with van der Waals surface area (Å²) in [5.74, 6) is 1.03. The van der Waals surface area contributed by atoms with E-state index in [0.717, 1.165) is 31.2 Å². The van der Waals surface area contributed by atoms with Gasteiger partial charge in [0, 0.05) is 12.6 Å². The monoisotopic (exact) mass is 500 g/mol. The van der Waals surface area contributed by atoms with E-state index in [2.05, 4.69) is 12.2 Å². The zero-order chi connectivity index (χ0) is 25.4. The molecule has 0 bridgehead atoms. The number of carbonyl (C=O) groups is 2. The van der Waals surface area contributed by atoms with Gasteiger partial charge in [-0.15, -0.1) is 11.6 Å². The quantitative estimate of drug-likeness (QED) is 0.438. The van der Waals surface area contributed by atoms with Crippen molar-refractivity contribution in [2.75, 3.05) is 13.0 Å². The molecular weight excluding hydrogens is 464 g/mol. The van der Waals surface area contributed by atoms with Crippen molar-refractivity contribution >= 4 is 23.4 Å². The lowest BCUT2D eigenvalue weighted by Gasteiger charge is -2.34. The minimum absolute atomic E-state index is 0.0325. The van der Waals surface area contributed by atoms with Crippen LogP contribution in [-0.4, -0.2) is 41.8 Å². The van der Waals surface area contributed by atoms with E-state index in [1.165, 1.54) is 0 Å². The molecule has 1 saturated carbocycles. The summed E-state index contributed by atoms with van der Waals surface area (Å²) in [6, 6.07) is 14.3. The highest BCUT2D eigenvalue weighted by molar-refractivity contribution is 6.27. The average molecular weight is 501 g/mol. The Hall–Kier alpha value is -2.73. The predicted molar refractivity (Wildman–Crippen MR) is 139 cm³/mol. The first kappa shape index (κ1) is 26.9. The molecule has 190 valence electrons. The Balaban J connectivity index is 1.99. The van der Waals surface area contributed by atoms with Gasteiger partial charge in [-0.3, -0.25) is 9.59 Å². The number of hydrogen-bond donors (Lipinski definition) is 1. The molecule has 1 N–H and O–H groups in total. The van der Waals surface area contributed by atoms with Crippen molar-refractivity contribution in [3.05, 3.63) is 59.7 Å². The zero-order valence-corrected chi connectivity index (χ0v) is 21.9. The van der Waals surface area contributed by atoms with Crippen molar-refractivity contribution in [3.63, 3.8) is 0 Å². The van der Waals surface area contributed by atoms with Gasteiger partial charge in [0.05, 0.1) is 13.2 Å². The molecule has 0 aromatic heterocycles. The number of ether oxygens (including phenoxy) is 2. The van der Waals surface area contributed by atoms with Crippen LogP contribution in [0.1, 0.15) is 63.6 Å². The molecule has 3 rings (SSSR count). The van der Waals surface area contributed by atoms with E-state index in [1.807, 2.05) is 50.2 Å². The molecule has 0 heterocycles. The van der Waals surface area contributed by atoms with Gasteiger partial charge < -0.3 is 19.7 Å². The van der Waals surface area contributed by atoms with Gasteiger partial charge in [-0.05, 0) is 68.7 Å². The predicted octanol–water partition coefficient (Wildman–Crippen LogP) is 5.49. The van der Waals surface area contributed by atoms with E-state index >= 15 is 0 Å². The van der Waals surface area contributed by atoms with Gasteiger partial charge in [-0.1, -0.05) is 43.3 Å². The van der Waals surface area contributed by atoms with Gasteiger partial charge >= 0.3 is 0 Å². The topological polar surface area (TPSA) is 67.9 Å². The molecule has 1 atom stereocenters. The van der Waals surface area contributed by atoms with Gasteiger partial charge in [-0.25, -0.2) is 0 Å². The van der Waals surface area contributed by atoms with Crippen LogP contribution >= 0.6 is 11.6 Å². The first-order valence-corrected chi connectivity index (χ1v) is 12.9. The molecular formula is C28H37ClN2O4. The molecule has 1 fully saturated rings. The normalized spacial score (nSPS) is 18.6. The summed E-state index contributed by atoms with van der Waals surface area (Å²) in [5, 5.41) is 3.22. The number of hydrogen-bond acceptors (Lipinski definition) is 4. The van der Waals surface area contributed by atoms with Crippen LogP contribution in [0.4, 0.5) is 0 Å².